The van der Waals surface area contributed by atoms with Crippen molar-refractivity contribution in [3.05, 3.63) is 27.5 Å². The first-order valence-electron chi connectivity index (χ1n) is 5.16. The molecule has 2 rings (SSSR count). The van der Waals surface area contributed by atoms with Gasteiger partial charge >= 0.3 is 0 Å². The molecule has 100 valence electrons. The van der Waals surface area contributed by atoms with Gasteiger partial charge in [0, 0.05) is 5.38 Å². The fourth-order valence-corrected chi connectivity index (χ4v) is 2.33. The number of phenolic OH excluding ortho intramolecular Hbond substituents is 1. The molecular weight excluding hydrogens is 332 g/mol. The molecule has 6 nitrogen and oxygen atoms in total. The molecule has 0 aliphatic carbocycles. The summed E-state index contributed by atoms with van der Waals surface area (Å²) in [4.78, 5) is 4.00. The van der Waals surface area contributed by atoms with Gasteiger partial charge in [-0.15, -0.1) is 11.3 Å². The molecule has 0 radical (unpaired) electrons. The topological polar surface area (TPSA) is 92.8 Å². The number of aromatic nitrogens is 1. The van der Waals surface area contributed by atoms with Crippen LogP contribution in [0.15, 0.2) is 27.1 Å². The van der Waals surface area contributed by atoms with Gasteiger partial charge in [0.15, 0.2) is 11.5 Å². The van der Waals surface area contributed by atoms with Crippen LogP contribution in [-0.4, -0.2) is 23.4 Å². The van der Waals surface area contributed by atoms with E-state index in [2.05, 4.69) is 31.4 Å². The summed E-state index contributed by atoms with van der Waals surface area (Å²) in [5.41, 5.74) is 9.02. The van der Waals surface area contributed by atoms with Gasteiger partial charge in [-0.3, -0.25) is 5.43 Å². The lowest BCUT2D eigenvalue weighted by molar-refractivity contribution is 0.372. The zero-order chi connectivity index (χ0) is 13.8. The number of phenols is 1. The molecular formula is C11H11BrN4O2S. The number of anilines is 2. The van der Waals surface area contributed by atoms with E-state index in [1.54, 1.807) is 23.7 Å². The Morgan fingerprint density at radius 2 is 2.37 bits per heavy atom. The van der Waals surface area contributed by atoms with Crippen LogP contribution in [0, 0.1) is 0 Å². The Kier molecular flexibility index (Phi) is 4.23. The number of hydrogen-bond donors (Lipinski definition) is 3. The van der Waals surface area contributed by atoms with Crippen molar-refractivity contribution in [3.8, 4) is 11.5 Å². The molecule has 1 heterocycles. The number of rotatable bonds is 4. The third-order valence-electron chi connectivity index (χ3n) is 2.17. The smallest absolute Gasteiger partial charge is 0.205 e. The molecule has 0 aliphatic rings. The second-order valence-corrected chi connectivity index (χ2v) is 5.21. The zero-order valence-electron chi connectivity index (χ0n) is 9.92. The number of hydrogen-bond acceptors (Lipinski definition) is 7. The van der Waals surface area contributed by atoms with Crippen molar-refractivity contribution >= 4 is 44.4 Å². The molecule has 0 atom stereocenters. The van der Waals surface area contributed by atoms with Crippen molar-refractivity contribution < 1.29 is 9.84 Å². The highest BCUT2D eigenvalue weighted by Crippen LogP contribution is 2.34. The fourth-order valence-electron chi connectivity index (χ4n) is 1.32. The number of ether oxygens (including phenoxy) is 1. The summed E-state index contributed by atoms with van der Waals surface area (Å²) in [6.45, 7) is 0. The van der Waals surface area contributed by atoms with E-state index in [9.17, 15) is 5.11 Å². The van der Waals surface area contributed by atoms with E-state index in [-0.39, 0.29) is 5.75 Å². The summed E-state index contributed by atoms with van der Waals surface area (Å²) in [5.74, 6) is 0.881. The van der Waals surface area contributed by atoms with Gasteiger partial charge in [-0.2, -0.15) is 5.10 Å². The average molecular weight is 343 g/mol. The number of nitrogens with zero attached hydrogens (tertiary/aromatic N) is 2. The normalized spacial score (nSPS) is 10.8. The molecule has 4 N–H and O–H groups in total. The van der Waals surface area contributed by atoms with Gasteiger partial charge in [0.1, 0.15) is 5.82 Å². The lowest BCUT2D eigenvalue weighted by Gasteiger charge is -2.06. The Labute approximate surface area is 122 Å². The number of nitrogens with one attached hydrogen (secondary N) is 1. The maximum atomic E-state index is 9.67. The molecule has 0 spiro atoms. The molecule has 0 amide bonds. The van der Waals surface area contributed by atoms with Crippen molar-refractivity contribution in [2.24, 2.45) is 5.10 Å². The van der Waals surface area contributed by atoms with Gasteiger partial charge in [-0.05, 0) is 33.6 Å². The highest BCUT2D eigenvalue weighted by Gasteiger charge is 2.07. The van der Waals surface area contributed by atoms with Gasteiger partial charge in [-0.1, -0.05) is 0 Å². The first-order valence-corrected chi connectivity index (χ1v) is 6.84. The quantitative estimate of drug-likeness (QED) is 0.586. The Bertz CT molecular complexity index is 615. The number of thiazole rings is 1. The molecule has 0 aliphatic heterocycles. The first-order chi connectivity index (χ1) is 9.10. The van der Waals surface area contributed by atoms with E-state index in [1.807, 2.05) is 0 Å². The van der Waals surface area contributed by atoms with Gasteiger partial charge in [-0.25, -0.2) is 4.98 Å². The number of methoxy groups -OCH3 is 1. The molecule has 1 aromatic carbocycles. The van der Waals surface area contributed by atoms with Crippen LogP contribution < -0.4 is 15.9 Å². The molecule has 1 aromatic heterocycles. The summed E-state index contributed by atoms with van der Waals surface area (Å²) in [7, 11) is 1.49. The van der Waals surface area contributed by atoms with Gasteiger partial charge in [0.2, 0.25) is 5.13 Å². The predicted molar refractivity (Wildman–Crippen MR) is 80.1 cm³/mol. The van der Waals surface area contributed by atoms with Crippen molar-refractivity contribution in [2.75, 3.05) is 18.3 Å². The number of halogens is 1. The van der Waals surface area contributed by atoms with Crippen LogP contribution in [0.1, 0.15) is 5.56 Å². The molecule has 0 saturated carbocycles. The Balaban J connectivity index is 2.12. The van der Waals surface area contributed by atoms with Crippen molar-refractivity contribution in [2.45, 2.75) is 0 Å². The van der Waals surface area contributed by atoms with Crippen LogP contribution in [0.3, 0.4) is 0 Å². The maximum Gasteiger partial charge on any atom is 0.205 e. The summed E-state index contributed by atoms with van der Waals surface area (Å²) in [6, 6.07) is 3.39. The summed E-state index contributed by atoms with van der Waals surface area (Å²) in [5, 5.41) is 16.0. The number of aromatic hydroxyl groups is 1. The minimum Gasteiger partial charge on any atom is -0.503 e. The number of nitrogens with two attached hydrogens (primary N) is 1. The van der Waals surface area contributed by atoms with Crippen molar-refractivity contribution in [1.82, 2.24) is 4.98 Å². The van der Waals surface area contributed by atoms with E-state index in [0.29, 0.717) is 21.2 Å². The lowest BCUT2D eigenvalue weighted by atomic mass is 10.2. The molecule has 8 heteroatoms. The Morgan fingerprint density at radius 1 is 1.58 bits per heavy atom. The molecule has 19 heavy (non-hydrogen) atoms. The second-order valence-electron chi connectivity index (χ2n) is 3.50. The van der Waals surface area contributed by atoms with E-state index in [4.69, 9.17) is 10.5 Å². The van der Waals surface area contributed by atoms with Crippen LogP contribution in [0.25, 0.3) is 0 Å². The van der Waals surface area contributed by atoms with E-state index in [1.165, 1.54) is 18.4 Å². The number of hydrazone groups is 1. The van der Waals surface area contributed by atoms with Gasteiger partial charge < -0.3 is 15.6 Å². The zero-order valence-corrected chi connectivity index (χ0v) is 12.3. The molecule has 2 aromatic rings. The lowest BCUT2D eigenvalue weighted by Crippen LogP contribution is -1.92. The van der Waals surface area contributed by atoms with E-state index in [0.717, 1.165) is 5.56 Å². The minimum absolute atomic E-state index is 0.0558. The molecule has 0 fully saturated rings. The standard InChI is InChI=1S/C11H11BrN4O2S/c1-18-8-3-6(2-7(12)10(8)17)4-14-16-11-15-9(13)5-19-11/h2-5,17H,13H2,1H3,(H,15,16). The van der Waals surface area contributed by atoms with Crippen LogP contribution >= 0.6 is 27.3 Å². The highest BCUT2D eigenvalue weighted by atomic mass is 79.9. The van der Waals surface area contributed by atoms with Gasteiger partial charge in [0.25, 0.3) is 0 Å². The third-order valence-corrected chi connectivity index (χ3v) is 3.54. The first kappa shape index (κ1) is 13.6. The predicted octanol–water partition coefficient (Wildman–Crippen LogP) is 2.65. The number of benzene rings is 1. The summed E-state index contributed by atoms with van der Waals surface area (Å²) >= 11 is 4.60. The van der Waals surface area contributed by atoms with Crippen LogP contribution in [0.5, 0.6) is 11.5 Å². The number of nitrogen functional groups attached to an aromatic ring is 1. The van der Waals surface area contributed by atoms with E-state index < -0.39 is 0 Å². The average Bonchev–Trinajstić information content (AvgIpc) is 2.79. The minimum atomic E-state index is 0.0558. The van der Waals surface area contributed by atoms with Gasteiger partial charge in [0.05, 0.1) is 17.8 Å². The maximum absolute atomic E-state index is 9.67. The van der Waals surface area contributed by atoms with Crippen LogP contribution in [-0.2, 0) is 0 Å². The van der Waals surface area contributed by atoms with Crippen LogP contribution in [0.4, 0.5) is 10.9 Å². The summed E-state index contributed by atoms with van der Waals surface area (Å²) < 4.78 is 5.58. The van der Waals surface area contributed by atoms with Crippen molar-refractivity contribution in [1.29, 1.82) is 0 Å². The van der Waals surface area contributed by atoms with Crippen LogP contribution in [0.2, 0.25) is 0 Å². The molecule has 0 unspecified atom stereocenters. The third kappa shape index (κ3) is 3.36. The fraction of sp³-hybridized carbons (Fsp3) is 0.0909. The SMILES string of the molecule is COc1cc(C=NNc2nc(N)cs2)cc(Br)c1O. The highest BCUT2D eigenvalue weighted by molar-refractivity contribution is 9.10. The summed E-state index contributed by atoms with van der Waals surface area (Å²) in [6.07, 6.45) is 1.59. The molecule has 0 bridgehead atoms. The largest absolute Gasteiger partial charge is 0.503 e. The Morgan fingerprint density at radius 3 is 3.00 bits per heavy atom. The van der Waals surface area contributed by atoms with E-state index >= 15 is 0 Å². The Hall–Kier alpha value is -1.80. The van der Waals surface area contributed by atoms with Crippen molar-refractivity contribution in [3.63, 3.8) is 0 Å². The second kappa shape index (κ2) is 5.89. The monoisotopic (exact) mass is 342 g/mol. The molecule has 0 saturated heterocycles.